The van der Waals surface area contributed by atoms with Crippen LogP contribution >= 0.6 is 0 Å². The van der Waals surface area contributed by atoms with Crippen molar-refractivity contribution in [3.63, 3.8) is 0 Å². The summed E-state index contributed by atoms with van der Waals surface area (Å²) in [5.74, 6) is 1.04. The van der Waals surface area contributed by atoms with Gasteiger partial charge in [0.1, 0.15) is 5.75 Å². The number of hydrogen-bond acceptors (Lipinski definition) is 2. The van der Waals surface area contributed by atoms with Gasteiger partial charge in [-0.1, -0.05) is 121 Å². The molecule has 3 unspecified atom stereocenters. The Kier molecular flexibility index (Phi) is 5.23. The molecule has 2 aliphatic rings. The van der Waals surface area contributed by atoms with Gasteiger partial charge in [0, 0.05) is 23.4 Å². The van der Waals surface area contributed by atoms with Crippen LogP contribution in [0.4, 0.5) is 0 Å². The lowest BCUT2D eigenvalue weighted by Gasteiger charge is -2.40. The largest absolute Gasteiger partial charge is 0.497 e. The quantitative estimate of drug-likeness (QED) is 0.284. The Morgan fingerprint density at radius 1 is 0.541 bits per heavy atom. The van der Waals surface area contributed by atoms with Crippen molar-refractivity contribution in [2.24, 2.45) is 0 Å². The van der Waals surface area contributed by atoms with Gasteiger partial charge in [0.2, 0.25) is 0 Å². The highest BCUT2D eigenvalue weighted by Crippen LogP contribution is 2.67. The maximum absolute atomic E-state index is 5.55. The zero-order chi connectivity index (χ0) is 24.8. The fourth-order valence-corrected chi connectivity index (χ4v) is 7.02. The third-order valence-corrected chi connectivity index (χ3v) is 8.43. The molecule has 1 aliphatic heterocycles. The van der Waals surface area contributed by atoms with Crippen LogP contribution in [0.3, 0.4) is 0 Å². The summed E-state index contributed by atoms with van der Waals surface area (Å²) in [4.78, 5) is 0. The maximum Gasteiger partial charge on any atom is 0.118 e. The maximum atomic E-state index is 5.55. The van der Waals surface area contributed by atoms with Gasteiger partial charge in [0.25, 0.3) is 0 Å². The summed E-state index contributed by atoms with van der Waals surface area (Å²) >= 11 is 0. The van der Waals surface area contributed by atoms with Gasteiger partial charge >= 0.3 is 0 Å². The second-order valence-electron chi connectivity index (χ2n) is 10.1. The van der Waals surface area contributed by atoms with Gasteiger partial charge in [-0.05, 0) is 51.1 Å². The lowest BCUT2D eigenvalue weighted by molar-refractivity contribution is 0.410. The Bertz CT molecular complexity index is 1500. The molecule has 1 spiro atoms. The van der Waals surface area contributed by atoms with Gasteiger partial charge in [-0.2, -0.15) is 0 Å². The Morgan fingerprint density at radius 3 is 1.62 bits per heavy atom. The number of fused-ring (bicyclic) bond motifs is 5. The average Bonchev–Trinajstić information content (AvgIpc) is 3.49. The third-order valence-electron chi connectivity index (χ3n) is 8.43. The van der Waals surface area contributed by atoms with E-state index in [1.807, 2.05) is 0 Å². The second-order valence-corrected chi connectivity index (χ2v) is 10.1. The standard InChI is InChI=1S/C35H29NO/c1-37-27-22-20-24(21-23-27)32-33(25-12-4-2-5-13-25)36-34(26-14-6-3-7-15-26)35(32)30-18-10-8-16-28(30)29-17-9-11-19-31(29)35/h2-23,32-34,36H,1H3. The summed E-state index contributed by atoms with van der Waals surface area (Å²) in [6, 6.07) is 49.0. The molecule has 1 saturated heterocycles. The average molecular weight is 480 g/mol. The first-order chi connectivity index (χ1) is 18.3. The predicted octanol–water partition coefficient (Wildman–Crippen LogP) is 7.83. The molecule has 0 saturated carbocycles. The minimum Gasteiger partial charge on any atom is -0.497 e. The monoisotopic (exact) mass is 479 g/mol. The molecule has 1 fully saturated rings. The fraction of sp³-hybridized carbons (Fsp3) is 0.143. The van der Waals surface area contributed by atoms with Crippen LogP contribution in [0.1, 0.15) is 45.8 Å². The van der Waals surface area contributed by atoms with Crippen molar-refractivity contribution in [3.05, 3.63) is 161 Å². The number of rotatable bonds is 4. The van der Waals surface area contributed by atoms with E-state index in [2.05, 4.69) is 139 Å². The molecule has 0 radical (unpaired) electrons. The lowest BCUT2D eigenvalue weighted by Crippen LogP contribution is -2.36. The molecule has 7 rings (SSSR count). The fourth-order valence-electron chi connectivity index (χ4n) is 7.02. The molecular weight excluding hydrogens is 450 g/mol. The van der Waals surface area contributed by atoms with Crippen LogP contribution in [0.15, 0.2) is 133 Å². The molecule has 37 heavy (non-hydrogen) atoms. The van der Waals surface area contributed by atoms with E-state index in [4.69, 9.17) is 4.74 Å². The minimum atomic E-state index is -0.288. The molecular formula is C35H29NO. The summed E-state index contributed by atoms with van der Waals surface area (Å²) in [5, 5.41) is 4.18. The molecule has 2 nitrogen and oxygen atoms in total. The smallest absolute Gasteiger partial charge is 0.118 e. The van der Waals surface area contributed by atoms with Crippen LogP contribution in [0.5, 0.6) is 5.75 Å². The van der Waals surface area contributed by atoms with E-state index < -0.39 is 0 Å². The van der Waals surface area contributed by atoms with Gasteiger partial charge < -0.3 is 10.1 Å². The Labute approximate surface area is 218 Å². The number of hydrogen-bond donors (Lipinski definition) is 1. The molecule has 2 heteroatoms. The highest BCUT2D eigenvalue weighted by Gasteiger charge is 2.61. The van der Waals surface area contributed by atoms with Crippen molar-refractivity contribution >= 4 is 0 Å². The van der Waals surface area contributed by atoms with E-state index in [9.17, 15) is 0 Å². The van der Waals surface area contributed by atoms with E-state index in [0.717, 1.165) is 5.75 Å². The first-order valence-corrected chi connectivity index (χ1v) is 13.0. The van der Waals surface area contributed by atoms with Gasteiger partial charge in [0.05, 0.1) is 7.11 Å². The van der Waals surface area contributed by atoms with Gasteiger partial charge in [-0.15, -0.1) is 0 Å². The van der Waals surface area contributed by atoms with Crippen LogP contribution in [0, 0.1) is 0 Å². The first-order valence-electron chi connectivity index (χ1n) is 13.0. The Balaban J connectivity index is 1.58. The van der Waals surface area contributed by atoms with Crippen molar-refractivity contribution in [3.8, 4) is 16.9 Å². The molecule has 1 aliphatic carbocycles. The third kappa shape index (κ3) is 3.22. The molecule has 0 amide bonds. The lowest BCUT2D eigenvalue weighted by atomic mass is 9.61. The predicted molar refractivity (Wildman–Crippen MR) is 150 cm³/mol. The molecule has 0 bridgehead atoms. The number of benzene rings is 5. The second kappa shape index (κ2) is 8.76. The topological polar surface area (TPSA) is 21.3 Å². The van der Waals surface area contributed by atoms with Crippen LogP contribution in [0.25, 0.3) is 11.1 Å². The van der Waals surface area contributed by atoms with Crippen LogP contribution in [0.2, 0.25) is 0 Å². The van der Waals surface area contributed by atoms with Crippen LogP contribution < -0.4 is 10.1 Å². The molecule has 1 N–H and O–H groups in total. The molecule has 3 atom stereocenters. The molecule has 5 aromatic rings. The van der Waals surface area contributed by atoms with Crippen molar-refractivity contribution in [1.29, 1.82) is 0 Å². The summed E-state index contributed by atoms with van der Waals surface area (Å²) < 4.78 is 5.55. The normalized spacial score (nSPS) is 20.9. The highest BCUT2D eigenvalue weighted by molar-refractivity contribution is 5.83. The van der Waals surface area contributed by atoms with Crippen molar-refractivity contribution in [2.75, 3.05) is 7.11 Å². The van der Waals surface area contributed by atoms with E-state index in [0.29, 0.717) is 0 Å². The van der Waals surface area contributed by atoms with Crippen molar-refractivity contribution in [2.45, 2.75) is 23.4 Å². The number of ether oxygens (including phenoxy) is 1. The SMILES string of the molecule is COc1ccc(C2C(c3ccccc3)NC(c3ccccc3)C23c2ccccc2-c2ccccc23)cc1. The van der Waals surface area contributed by atoms with Gasteiger partial charge in [-0.25, -0.2) is 0 Å². The van der Waals surface area contributed by atoms with Gasteiger partial charge in [-0.3, -0.25) is 0 Å². The van der Waals surface area contributed by atoms with E-state index in [-0.39, 0.29) is 23.4 Å². The highest BCUT2D eigenvalue weighted by atomic mass is 16.5. The summed E-state index contributed by atoms with van der Waals surface area (Å²) in [7, 11) is 1.73. The van der Waals surface area contributed by atoms with Crippen molar-refractivity contribution in [1.82, 2.24) is 5.32 Å². The van der Waals surface area contributed by atoms with Crippen molar-refractivity contribution < 1.29 is 4.74 Å². The van der Waals surface area contributed by atoms with Crippen LogP contribution in [-0.4, -0.2) is 7.11 Å². The molecule has 1 heterocycles. The summed E-state index contributed by atoms with van der Waals surface area (Å²) in [5.41, 5.74) is 9.12. The molecule has 180 valence electrons. The molecule has 0 aromatic heterocycles. The molecule has 5 aromatic carbocycles. The van der Waals surface area contributed by atoms with Gasteiger partial charge in [0.15, 0.2) is 0 Å². The zero-order valence-corrected chi connectivity index (χ0v) is 20.8. The summed E-state index contributed by atoms with van der Waals surface area (Å²) in [6.07, 6.45) is 0. The Morgan fingerprint density at radius 2 is 1.05 bits per heavy atom. The van der Waals surface area contributed by atoms with E-state index in [1.165, 1.54) is 38.9 Å². The zero-order valence-electron chi connectivity index (χ0n) is 20.8. The number of methoxy groups -OCH3 is 1. The van der Waals surface area contributed by atoms with Crippen LogP contribution in [-0.2, 0) is 5.41 Å². The van der Waals surface area contributed by atoms with E-state index in [1.54, 1.807) is 7.11 Å². The minimum absolute atomic E-state index is 0.0933. The van der Waals surface area contributed by atoms with E-state index >= 15 is 0 Å². The number of nitrogens with one attached hydrogen (secondary N) is 1. The first kappa shape index (κ1) is 22.1. The Hall–Kier alpha value is -4.14. The summed E-state index contributed by atoms with van der Waals surface area (Å²) in [6.45, 7) is 0.